The zero-order valence-corrected chi connectivity index (χ0v) is 13.0. The van der Waals surface area contributed by atoms with Crippen LogP contribution in [0, 0.1) is 0 Å². The number of rotatable bonds is 3. The zero-order valence-electron chi connectivity index (χ0n) is 11.4. The van der Waals surface area contributed by atoms with Gasteiger partial charge in [0.25, 0.3) is 0 Å². The summed E-state index contributed by atoms with van der Waals surface area (Å²) in [5.74, 6) is 0.809. The van der Waals surface area contributed by atoms with Gasteiger partial charge in [0.2, 0.25) is 0 Å². The molecule has 0 aliphatic heterocycles. The van der Waals surface area contributed by atoms with Crippen molar-refractivity contribution in [3.63, 3.8) is 0 Å². The first-order chi connectivity index (χ1) is 9.76. The van der Waals surface area contributed by atoms with Crippen LogP contribution in [-0.4, -0.2) is 29.3 Å². The van der Waals surface area contributed by atoms with E-state index in [0.29, 0.717) is 6.10 Å². The van der Waals surface area contributed by atoms with Gasteiger partial charge in [-0.2, -0.15) is 0 Å². The van der Waals surface area contributed by atoms with Crippen molar-refractivity contribution >= 4 is 27.0 Å². The minimum atomic E-state index is 0.199. The summed E-state index contributed by atoms with van der Waals surface area (Å²) in [5, 5.41) is 0. The Kier molecular flexibility index (Phi) is 4.17. The lowest BCUT2D eigenvalue weighted by atomic mass is 9.95. The van der Waals surface area contributed by atoms with E-state index in [2.05, 4.69) is 25.9 Å². The Bertz CT molecular complexity index is 605. The lowest BCUT2D eigenvalue weighted by Gasteiger charge is -2.28. The number of hydrogen-bond donors (Lipinski definition) is 0. The number of fused-ring (bicyclic) bond motifs is 1. The number of pyridine rings is 2. The first kappa shape index (κ1) is 13.8. The third kappa shape index (κ3) is 2.94. The highest BCUT2D eigenvalue weighted by molar-refractivity contribution is 9.10. The van der Waals surface area contributed by atoms with Crippen LogP contribution < -0.4 is 4.74 Å². The molecule has 0 bridgehead atoms. The van der Waals surface area contributed by atoms with Crippen LogP contribution in [0.25, 0.3) is 11.0 Å². The van der Waals surface area contributed by atoms with E-state index in [1.54, 1.807) is 19.5 Å². The lowest BCUT2D eigenvalue weighted by Crippen LogP contribution is -2.29. The van der Waals surface area contributed by atoms with Crippen LogP contribution in [0.15, 0.2) is 29.0 Å². The van der Waals surface area contributed by atoms with E-state index < -0.39 is 0 Å². The highest BCUT2D eigenvalue weighted by Crippen LogP contribution is 2.29. The van der Waals surface area contributed by atoms with Gasteiger partial charge in [0.1, 0.15) is 17.4 Å². The van der Waals surface area contributed by atoms with Gasteiger partial charge in [-0.05, 0) is 41.3 Å². The fraction of sp³-hybridized carbons (Fsp3) is 0.467. The van der Waals surface area contributed by atoms with Crippen LogP contribution >= 0.6 is 15.9 Å². The Labute approximate surface area is 126 Å². The summed E-state index contributed by atoms with van der Waals surface area (Å²) in [7, 11) is 1.77. The van der Waals surface area contributed by atoms with Crippen LogP contribution in [0.4, 0.5) is 0 Å². The summed E-state index contributed by atoms with van der Waals surface area (Å²) >= 11 is 3.41. The molecule has 1 aliphatic carbocycles. The number of nitrogens with zero attached hydrogens (tertiary/aromatic N) is 2. The molecule has 0 spiro atoms. The zero-order chi connectivity index (χ0) is 13.9. The van der Waals surface area contributed by atoms with Gasteiger partial charge >= 0.3 is 0 Å². The first-order valence-corrected chi connectivity index (χ1v) is 7.65. The number of ether oxygens (including phenoxy) is 2. The monoisotopic (exact) mass is 336 g/mol. The summed E-state index contributed by atoms with van der Waals surface area (Å²) in [6, 6.07) is 3.84. The van der Waals surface area contributed by atoms with E-state index in [-0.39, 0.29) is 6.10 Å². The Morgan fingerprint density at radius 2 is 2.10 bits per heavy atom. The molecular formula is C15H17BrN2O2. The van der Waals surface area contributed by atoms with Gasteiger partial charge in [0.15, 0.2) is 0 Å². The average molecular weight is 337 g/mol. The molecule has 106 valence electrons. The van der Waals surface area contributed by atoms with Gasteiger partial charge in [-0.25, -0.2) is 4.98 Å². The lowest BCUT2D eigenvalue weighted by molar-refractivity contribution is 0.0214. The van der Waals surface area contributed by atoms with Gasteiger partial charge in [-0.1, -0.05) is 0 Å². The molecule has 20 heavy (non-hydrogen) atoms. The van der Waals surface area contributed by atoms with Crippen molar-refractivity contribution in [3.8, 4) is 5.75 Å². The highest BCUT2D eigenvalue weighted by Gasteiger charge is 2.23. The second kappa shape index (κ2) is 6.06. The Hall–Kier alpha value is -1.20. The Morgan fingerprint density at radius 3 is 2.95 bits per heavy atom. The van der Waals surface area contributed by atoms with Crippen LogP contribution in [0.5, 0.6) is 5.75 Å². The average Bonchev–Trinajstić information content (AvgIpc) is 2.47. The third-order valence-electron chi connectivity index (χ3n) is 3.71. The second-order valence-electron chi connectivity index (χ2n) is 5.09. The molecular weight excluding hydrogens is 320 g/mol. The van der Waals surface area contributed by atoms with Gasteiger partial charge in [0.05, 0.1) is 11.6 Å². The van der Waals surface area contributed by atoms with Crippen molar-refractivity contribution < 1.29 is 9.47 Å². The van der Waals surface area contributed by atoms with E-state index in [4.69, 9.17) is 9.47 Å². The van der Waals surface area contributed by atoms with Crippen molar-refractivity contribution in [2.45, 2.75) is 37.9 Å². The summed E-state index contributed by atoms with van der Waals surface area (Å²) in [5.41, 5.74) is 1.66. The number of hydrogen-bond acceptors (Lipinski definition) is 4. The fourth-order valence-corrected chi connectivity index (χ4v) is 3.00. The van der Waals surface area contributed by atoms with Crippen LogP contribution in [0.2, 0.25) is 0 Å². The molecule has 2 atom stereocenters. The van der Waals surface area contributed by atoms with Crippen molar-refractivity contribution in [3.05, 3.63) is 29.0 Å². The summed E-state index contributed by atoms with van der Waals surface area (Å²) in [4.78, 5) is 8.75. The van der Waals surface area contributed by atoms with Crippen molar-refractivity contribution in [1.29, 1.82) is 0 Å². The van der Waals surface area contributed by atoms with Gasteiger partial charge in [0, 0.05) is 36.5 Å². The van der Waals surface area contributed by atoms with E-state index in [1.165, 1.54) is 0 Å². The van der Waals surface area contributed by atoms with Crippen molar-refractivity contribution in [2.24, 2.45) is 0 Å². The molecule has 0 saturated heterocycles. The molecule has 0 N–H and O–H groups in total. The van der Waals surface area contributed by atoms with E-state index in [0.717, 1.165) is 46.9 Å². The van der Waals surface area contributed by atoms with Crippen molar-refractivity contribution in [1.82, 2.24) is 9.97 Å². The van der Waals surface area contributed by atoms with Crippen LogP contribution in [-0.2, 0) is 4.74 Å². The number of halogens is 1. The van der Waals surface area contributed by atoms with E-state index in [9.17, 15) is 0 Å². The SMILES string of the molecule is COC1CCCC(Oc2ccnc3cc(Br)cnc23)C1. The summed E-state index contributed by atoms with van der Waals surface area (Å²) in [6.07, 6.45) is 8.33. The largest absolute Gasteiger partial charge is 0.488 e. The predicted molar refractivity (Wildman–Crippen MR) is 80.9 cm³/mol. The maximum absolute atomic E-state index is 6.14. The first-order valence-electron chi connectivity index (χ1n) is 6.86. The summed E-state index contributed by atoms with van der Waals surface area (Å²) in [6.45, 7) is 0. The molecule has 2 aromatic heterocycles. The molecule has 1 aliphatic rings. The molecule has 0 radical (unpaired) electrons. The maximum atomic E-state index is 6.14. The molecule has 3 rings (SSSR count). The molecule has 5 heteroatoms. The molecule has 2 unspecified atom stereocenters. The van der Waals surface area contributed by atoms with Crippen molar-refractivity contribution in [2.75, 3.05) is 7.11 Å². The molecule has 0 aromatic carbocycles. The Balaban J connectivity index is 1.83. The van der Waals surface area contributed by atoms with Gasteiger partial charge in [-0.3, -0.25) is 4.98 Å². The quantitative estimate of drug-likeness (QED) is 0.856. The number of methoxy groups -OCH3 is 1. The summed E-state index contributed by atoms with van der Waals surface area (Å²) < 4.78 is 12.5. The van der Waals surface area contributed by atoms with Crippen LogP contribution in [0.1, 0.15) is 25.7 Å². The topological polar surface area (TPSA) is 44.2 Å². The second-order valence-corrected chi connectivity index (χ2v) is 6.01. The minimum absolute atomic E-state index is 0.199. The molecule has 1 fully saturated rings. The number of aromatic nitrogens is 2. The normalized spacial score (nSPS) is 22.9. The standard InChI is InChI=1S/C15H17BrN2O2/c1-19-11-3-2-4-12(8-11)20-14-5-6-17-13-7-10(16)9-18-15(13)14/h5-7,9,11-12H,2-4,8H2,1H3. The Morgan fingerprint density at radius 1 is 1.25 bits per heavy atom. The minimum Gasteiger partial charge on any atom is -0.488 e. The third-order valence-corrected chi connectivity index (χ3v) is 4.15. The van der Waals surface area contributed by atoms with E-state index in [1.807, 2.05) is 12.1 Å². The fourth-order valence-electron chi connectivity index (χ4n) is 2.68. The van der Waals surface area contributed by atoms with Gasteiger partial charge < -0.3 is 9.47 Å². The highest BCUT2D eigenvalue weighted by atomic mass is 79.9. The van der Waals surface area contributed by atoms with E-state index >= 15 is 0 Å². The maximum Gasteiger partial charge on any atom is 0.149 e. The molecule has 0 amide bonds. The molecule has 2 aromatic rings. The predicted octanol–water partition coefficient (Wildman–Crippen LogP) is 3.73. The molecule has 1 saturated carbocycles. The van der Waals surface area contributed by atoms with Gasteiger partial charge in [-0.15, -0.1) is 0 Å². The smallest absolute Gasteiger partial charge is 0.149 e. The van der Waals surface area contributed by atoms with Crippen LogP contribution in [0.3, 0.4) is 0 Å². The molecule has 4 nitrogen and oxygen atoms in total. The molecule has 2 heterocycles.